The molecule has 192 valence electrons. The van der Waals surface area contributed by atoms with Crippen LogP contribution in [0.5, 0.6) is 6.01 Å². The number of nitrogens with zero attached hydrogens (tertiary/aromatic N) is 6. The number of pyridine rings is 1. The van der Waals surface area contributed by atoms with Gasteiger partial charge in [0.05, 0.1) is 18.4 Å². The average molecular weight is 499 g/mol. The smallest absolute Gasteiger partial charge is 0.318 e. The van der Waals surface area contributed by atoms with Crippen LogP contribution in [-0.4, -0.2) is 65.7 Å². The topological polar surface area (TPSA) is 68.0 Å². The number of anilines is 1. The Bertz CT molecular complexity index is 1300. The number of likely N-dealkylation sites (N-methyl/N-ethyl adjacent to an activating group) is 1. The number of aromatic nitrogens is 3. The van der Waals surface area contributed by atoms with Gasteiger partial charge in [-0.1, -0.05) is 24.3 Å². The lowest BCUT2D eigenvalue weighted by Crippen LogP contribution is -2.38. The van der Waals surface area contributed by atoms with Crippen LogP contribution in [0.3, 0.4) is 0 Å². The van der Waals surface area contributed by atoms with Crippen LogP contribution in [-0.2, 0) is 17.8 Å². The van der Waals surface area contributed by atoms with Crippen LogP contribution in [0.15, 0.2) is 36.7 Å². The summed E-state index contributed by atoms with van der Waals surface area (Å²) in [5.41, 5.74) is 3.14. The van der Waals surface area contributed by atoms with Gasteiger partial charge < -0.3 is 24.1 Å². The highest BCUT2D eigenvalue weighted by Crippen LogP contribution is 2.38. The van der Waals surface area contributed by atoms with Crippen molar-refractivity contribution < 1.29 is 9.47 Å². The minimum Gasteiger partial charge on any atom is -0.462 e. The minimum atomic E-state index is -0.126. The normalized spacial score (nSPS) is 24.1. The van der Waals surface area contributed by atoms with Crippen molar-refractivity contribution in [3.63, 3.8) is 0 Å². The zero-order valence-corrected chi connectivity index (χ0v) is 21.5. The molecular formula is C29H34N6O2. The van der Waals surface area contributed by atoms with E-state index in [1.54, 1.807) is 0 Å². The molecule has 8 heteroatoms. The third kappa shape index (κ3) is 4.98. The molecule has 3 aliphatic heterocycles. The fourth-order valence-corrected chi connectivity index (χ4v) is 6.05. The Morgan fingerprint density at radius 2 is 2.03 bits per heavy atom. The van der Waals surface area contributed by atoms with Crippen LogP contribution >= 0.6 is 0 Å². The lowest BCUT2D eigenvalue weighted by molar-refractivity contribution is 0.0263. The molecule has 0 N–H and O–H groups in total. The summed E-state index contributed by atoms with van der Waals surface area (Å²) in [6.07, 6.45) is 8.85. The summed E-state index contributed by atoms with van der Waals surface area (Å²) in [4.78, 5) is 22.7. The van der Waals surface area contributed by atoms with Crippen LogP contribution in [0.2, 0.25) is 0 Å². The van der Waals surface area contributed by atoms with Crippen molar-refractivity contribution in [3.05, 3.63) is 64.9 Å². The van der Waals surface area contributed by atoms with E-state index in [0.29, 0.717) is 44.1 Å². The van der Waals surface area contributed by atoms with E-state index in [1.807, 2.05) is 18.5 Å². The summed E-state index contributed by atoms with van der Waals surface area (Å²) >= 11 is 0. The van der Waals surface area contributed by atoms with Crippen molar-refractivity contribution in [3.8, 4) is 6.01 Å². The Morgan fingerprint density at radius 1 is 1.14 bits per heavy atom. The van der Waals surface area contributed by atoms with Crippen molar-refractivity contribution in [2.45, 2.75) is 50.9 Å². The van der Waals surface area contributed by atoms with Gasteiger partial charge in [0.1, 0.15) is 12.4 Å². The molecular weight excluding hydrogens is 464 g/mol. The van der Waals surface area contributed by atoms with Crippen LogP contribution in [0.4, 0.5) is 5.82 Å². The van der Waals surface area contributed by atoms with Crippen LogP contribution in [0.25, 0.3) is 15.6 Å². The van der Waals surface area contributed by atoms with Gasteiger partial charge >= 0.3 is 6.01 Å². The van der Waals surface area contributed by atoms with Gasteiger partial charge in [-0.15, -0.1) is 0 Å². The highest BCUT2D eigenvalue weighted by atomic mass is 16.5. The van der Waals surface area contributed by atoms with Gasteiger partial charge in [0, 0.05) is 60.4 Å². The third-order valence-electron chi connectivity index (χ3n) is 8.15. The second-order valence-corrected chi connectivity index (χ2v) is 10.6. The first-order chi connectivity index (χ1) is 18.2. The van der Waals surface area contributed by atoms with E-state index in [4.69, 9.17) is 26.0 Å². The van der Waals surface area contributed by atoms with Gasteiger partial charge in [0.15, 0.2) is 0 Å². The molecule has 5 heterocycles. The molecule has 0 spiro atoms. The zero-order valence-electron chi connectivity index (χ0n) is 21.5. The Kier molecular flexibility index (Phi) is 6.90. The number of rotatable bonds is 6. The molecule has 6 rings (SSSR count). The lowest BCUT2D eigenvalue weighted by Gasteiger charge is -2.35. The summed E-state index contributed by atoms with van der Waals surface area (Å²) < 4.78 is 12.7. The van der Waals surface area contributed by atoms with E-state index in [2.05, 4.69) is 44.9 Å². The minimum absolute atomic E-state index is 0.126. The molecule has 8 nitrogen and oxygen atoms in total. The van der Waals surface area contributed by atoms with E-state index in [0.717, 1.165) is 66.9 Å². The number of likely N-dealkylation sites (tertiary alicyclic amines) is 1. The molecule has 2 fully saturated rings. The van der Waals surface area contributed by atoms with Crippen LogP contribution in [0, 0.1) is 12.5 Å². The Hall–Kier alpha value is -3.28. The maximum Gasteiger partial charge on any atom is 0.318 e. The highest BCUT2D eigenvalue weighted by Gasteiger charge is 2.32. The number of hydrogen-bond acceptors (Lipinski definition) is 7. The molecule has 0 bridgehead atoms. The number of piperidine rings is 1. The van der Waals surface area contributed by atoms with Gasteiger partial charge in [-0.05, 0) is 44.7 Å². The first kappa shape index (κ1) is 24.1. The van der Waals surface area contributed by atoms with E-state index in [1.165, 1.54) is 11.8 Å². The molecule has 1 aromatic carbocycles. The predicted octanol–water partition coefficient (Wildman–Crippen LogP) is 4.45. The summed E-state index contributed by atoms with van der Waals surface area (Å²) in [5, 5.41) is 2.28. The summed E-state index contributed by atoms with van der Waals surface area (Å²) in [5.74, 6) is 1.29. The van der Waals surface area contributed by atoms with Gasteiger partial charge in [0.2, 0.25) is 6.54 Å². The Morgan fingerprint density at radius 3 is 2.89 bits per heavy atom. The van der Waals surface area contributed by atoms with Crippen LogP contribution < -0.4 is 9.64 Å². The molecule has 2 aromatic heterocycles. The Balaban J connectivity index is 1.32. The molecule has 3 aliphatic rings. The average Bonchev–Trinajstić information content (AvgIpc) is 3.35. The lowest BCUT2D eigenvalue weighted by atomic mass is 9.95. The summed E-state index contributed by atoms with van der Waals surface area (Å²) in [6.45, 7) is 11.8. The Labute approximate surface area is 218 Å². The largest absolute Gasteiger partial charge is 0.462 e. The van der Waals surface area contributed by atoms with Crippen LogP contribution in [0.1, 0.15) is 48.6 Å². The second kappa shape index (κ2) is 10.6. The van der Waals surface area contributed by atoms with Gasteiger partial charge in [-0.3, -0.25) is 4.98 Å². The zero-order chi connectivity index (χ0) is 25.2. The second-order valence-electron chi connectivity index (χ2n) is 10.6. The third-order valence-corrected chi connectivity index (χ3v) is 8.15. The molecule has 2 saturated heterocycles. The molecule has 0 aliphatic carbocycles. The molecule has 0 saturated carbocycles. The van der Waals surface area contributed by atoms with E-state index < -0.39 is 0 Å². The first-order valence-corrected chi connectivity index (χ1v) is 13.4. The SMILES string of the molecule is [C-]#[N+]C[C@@H]1CCCN(c2nc(OC[C@@H]3CCCN3C)nc3c2COC(c2cncc4ccccc24)C3)C1. The molecule has 3 aromatic rings. The van der Waals surface area contributed by atoms with Crippen molar-refractivity contribution >= 4 is 16.6 Å². The van der Waals surface area contributed by atoms with E-state index >= 15 is 0 Å². The molecule has 0 amide bonds. The van der Waals surface area contributed by atoms with Crippen molar-refractivity contribution in [1.82, 2.24) is 19.9 Å². The monoisotopic (exact) mass is 498 g/mol. The first-order valence-electron chi connectivity index (χ1n) is 13.4. The number of ether oxygens (including phenoxy) is 2. The molecule has 37 heavy (non-hydrogen) atoms. The van der Waals surface area contributed by atoms with Gasteiger partial charge in [-0.25, -0.2) is 6.57 Å². The maximum atomic E-state index is 7.34. The molecule has 3 atom stereocenters. The summed E-state index contributed by atoms with van der Waals surface area (Å²) in [7, 11) is 2.16. The standard InChI is InChI=1S/C29H34N6O2/c1-30-14-20-7-5-12-35(17-20)28-25-19-36-27(24-16-31-15-21-8-3-4-10-23(21)24)13-26(25)32-29(33-28)37-18-22-9-6-11-34(22)2/h3-4,8,10,15-16,20,22,27H,5-7,9,11-14,17-19H2,2H3/t20-,22-,27?/m0/s1. The van der Waals surface area contributed by atoms with Crippen molar-refractivity contribution in [2.24, 2.45) is 5.92 Å². The summed E-state index contributed by atoms with van der Waals surface area (Å²) in [6, 6.07) is 9.18. The maximum absolute atomic E-state index is 7.34. The quantitative estimate of drug-likeness (QED) is 0.465. The number of hydrogen-bond donors (Lipinski definition) is 0. The van der Waals surface area contributed by atoms with Crippen molar-refractivity contribution in [1.29, 1.82) is 0 Å². The molecule has 1 unspecified atom stereocenters. The highest BCUT2D eigenvalue weighted by molar-refractivity contribution is 5.85. The van der Waals surface area contributed by atoms with Gasteiger partial charge in [-0.2, -0.15) is 9.97 Å². The van der Waals surface area contributed by atoms with E-state index in [9.17, 15) is 0 Å². The van der Waals surface area contributed by atoms with E-state index in [-0.39, 0.29) is 6.10 Å². The van der Waals surface area contributed by atoms with Crippen molar-refractivity contribution in [2.75, 3.05) is 44.7 Å². The number of benzene rings is 1. The predicted molar refractivity (Wildman–Crippen MR) is 143 cm³/mol. The fourth-order valence-electron chi connectivity index (χ4n) is 6.05. The van der Waals surface area contributed by atoms with Gasteiger partial charge in [0.25, 0.3) is 0 Å². The number of fused-ring (bicyclic) bond motifs is 2. The molecule has 0 radical (unpaired) electrons. The fraction of sp³-hybridized carbons (Fsp3) is 0.517.